The van der Waals surface area contributed by atoms with Crippen LogP contribution in [-0.4, -0.2) is 5.78 Å². The summed E-state index contributed by atoms with van der Waals surface area (Å²) >= 11 is 0. The van der Waals surface area contributed by atoms with Crippen LogP contribution >= 0.6 is 0 Å². The van der Waals surface area contributed by atoms with Crippen molar-refractivity contribution >= 4 is 17.5 Å². The third-order valence-corrected chi connectivity index (χ3v) is 3.59. The van der Waals surface area contributed by atoms with Crippen LogP contribution in [0.2, 0.25) is 0 Å². The van der Waals surface area contributed by atoms with Crippen LogP contribution in [0.4, 0.5) is 5.69 Å². The molecular formula is C19H21NO. The zero-order valence-corrected chi connectivity index (χ0v) is 12.8. The van der Waals surface area contributed by atoms with E-state index >= 15 is 0 Å². The van der Waals surface area contributed by atoms with E-state index in [1.165, 1.54) is 16.7 Å². The average Bonchev–Trinajstić information content (AvgIpc) is 2.42. The van der Waals surface area contributed by atoms with E-state index in [2.05, 4.69) is 32.9 Å². The predicted octanol–water partition coefficient (Wildman–Crippen LogP) is 4.02. The lowest BCUT2D eigenvalue weighted by Crippen LogP contribution is -2.03. The summed E-state index contributed by atoms with van der Waals surface area (Å²) in [6.45, 7) is 6.20. The Morgan fingerprint density at radius 3 is 2.19 bits per heavy atom. The molecule has 2 nitrogen and oxygen atoms in total. The van der Waals surface area contributed by atoms with Crippen LogP contribution in [-0.2, 0) is 11.2 Å². The van der Waals surface area contributed by atoms with Gasteiger partial charge in [-0.05, 0) is 61.2 Å². The van der Waals surface area contributed by atoms with Gasteiger partial charge in [0, 0.05) is 12.1 Å². The molecule has 0 spiro atoms. The van der Waals surface area contributed by atoms with Crippen molar-refractivity contribution in [3.63, 3.8) is 0 Å². The van der Waals surface area contributed by atoms with E-state index in [9.17, 15) is 4.79 Å². The van der Waals surface area contributed by atoms with Crippen molar-refractivity contribution in [2.75, 3.05) is 5.73 Å². The van der Waals surface area contributed by atoms with E-state index in [0.29, 0.717) is 6.42 Å². The van der Waals surface area contributed by atoms with Crippen LogP contribution in [0.3, 0.4) is 0 Å². The Bertz CT molecular complexity index is 658. The molecule has 0 unspecified atom stereocenters. The van der Waals surface area contributed by atoms with E-state index in [1.807, 2.05) is 30.3 Å². The van der Waals surface area contributed by atoms with Crippen molar-refractivity contribution in [2.24, 2.45) is 0 Å². The Balaban J connectivity index is 2.10. The fraction of sp³-hybridized carbons (Fsp3) is 0.211. The predicted molar refractivity (Wildman–Crippen MR) is 89.3 cm³/mol. The molecule has 0 saturated carbocycles. The van der Waals surface area contributed by atoms with Gasteiger partial charge in [0.2, 0.25) is 0 Å². The summed E-state index contributed by atoms with van der Waals surface area (Å²) < 4.78 is 0. The molecule has 0 radical (unpaired) electrons. The van der Waals surface area contributed by atoms with E-state index in [1.54, 1.807) is 6.08 Å². The van der Waals surface area contributed by atoms with Crippen molar-refractivity contribution in [1.82, 2.24) is 0 Å². The molecule has 2 N–H and O–H groups in total. The van der Waals surface area contributed by atoms with Gasteiger partial charge in [0.05, 0.1) is 0 Å². The molecule has 2 aromatic rings. The summed E-state index contributed by atoms with van der Waals surface area (Å²) in [5, 5.41) is 0. The Hall–Kier alpha value is -2.35. The Kier molecular flexibility index (Phi) is 4.59. The fourth-order valence-electron chi connectivity index (χ4n) is 2.52. The van der Waals surface area contributed by atoms with Crippen LogP contribution < -0.4 is 5.73 Å². The molecule has 0 bridgehead atoms. The second-order valence-corrected chi connectivity index (χ2v) is 5.52. The zero-order valence-electron chi connectivity index (χ0n) is 12.8. The van der Waals surface area contributed by atoms with Gasteiger partial charge in [-0.2, -0.15) is 0 Å². The molecule has 2 aromatic carbocycles. The van der Waals surface area contributed by atoms with Crippen molar-refractivity contribution < 1.29 is 4.79 Å². The molecule has 108 valence electrons. The first-order valence-corrected chi connectivity index (χ1v) is 7.09. The number of ketones is 1. The van der Waals surface area contributed by atoms with Crippen molar-refractivity contribution in [3.05, 3.63) is 70.3 Å². The zero-order chi connectivity index (χ0) is 15.4. The number of carbonyl (C=O) groups is 1. The number of allylic oxidation sites excluding steroid dienone is 1. The van der Waals surface area contributed by atoms with Crippen molar-refractivity contribution in [2.45, 2.75) is 27.2 Å². The number of anilines is 1. The van der Waals surface area contributed by atoms with Crippen molar-refractivity contribution in [3.8, 4) is 0 Å². The minimum absolute atomic E-state index is 0.113. The fourth-order valence-corrected chi connectivity index (χ4v) is 2.52. The first-order chi connectivity index (χ1) is 9.95. The highest BCUT2D eigenvalue weighted by atomic mass is 16.1. The van der Waals surface area contributed by atoms with E-state index in [-0.39, 0.29) is 5.78 Å². The largest absolute Gasteiger partial charge is 0.399 e. The number of hydrogen-bond acceptors (Lipinski definition) is 2. The summed E-state index contributed by atoms with van der Waals surface area (Å²) in [6.07, 6.45) is 3.92. The molecule has 0 heterocycles. The van der Waals surface area contributed by atoms with Gasteiger partial charge in [0.1, 0.15) is 0 Å². The molecule has 21 heavy (non-hydrogen) atoms. The molecule has 0 amide bonds. The maximum absolute atomic E-state index is 12.1. The SMILES string of the molecule is Cc1cc(C)c(CC(=O)/C=C/c2ccc(N)cc2)c(C)c1. The minimum atomic E-state index is 0.113. The molecule has 0 aliphatic rings. The lowest BCUT2D eigenvalue weighted by Gasteiger charge is -2.09. The highest BCUT2D eigenvalue weighted by molar-refractivity contribution is 5.95. The Morgan fingerprint density at radius 1 is 1.05 bits per heavy atom. The van der Waals surface area contributed by atoms with Crippen LogP contribution in [0, 0.1) is 20.8 Å². The van der Waals surface area contributed by atoms with E-state index in [4.69, 9.17) is 5.73 Å². The maximum Gasteiger partial charge on any atom is 0.160 e. The van der Waals surface area contributed by atoms with Crippen molar-refractivity contribution in [1.29, 1.82) is 0 Å². The summed E-state index contributed by atoms with van der Waals surface area (Å²) in [6, 6.07) is 11.7. The minimum Gasteiger partial charge on any atom is -0.399 e. The van der Waals surface area contributed by atoms with Gasteiger partial charge in [-0.3, -0.25) is 4.79 Å². The molecule has 2 heteroatoms. The number of nitrogens with two attached hydrogens (primary N) is 1. The van der Waals surface area contributed by atoms with Gasteiger partial charge >= 0.3 is 0 Å². The molecule has 0 fully saturated rings. The normalized spacial score (nSPS) is 11.0. The lowest BCUT2D eigenvalue weighted by atomic mass is 9.95. The lowest BCUT2D eigenvalue weighted by molar-refractivity contribution is -0.113. The average molecular weight is 279 g/mol. The molecule has 0 saturated heterocycles. The molecule has 0 aromatic heterocycles. The summed E-state index contributed by atoms with van der Waals surface area (Å²) in [7, 11) is 0. The number of rotatable bonds is 4. The maximum atomic E-state index is 12.1. The quantitative estimate of drug-likeness (QED) is 0.678. The molecule has 0 atom stereocenters. The Morgan fingerprint density at radius 2 is 1.62 bits per heavy atom. The second kappa shape index (κ2) is 6.40. The molecule has 0 aliphatic carbocycles. The second-order valence-electron chi connectivity index (χ2n) is 5.52. The monoisotopic (exact) mass is 279 g/mol. The van der Waals surface area contributed by atoms with Gasteiger partial charge in [-0.1, -0.05) is 35.9 Å². The molecular weight excluding hydrogens is 258 g/mol. The third-order valence-electron chi connectivity index (χ3n) is 3.59. The first-order valence-electron chi connectivity index (χ1n) is 7.09. The van der Waals surface area contributed by atoms with Gasteiger partial charge in [-0.25, -0.2) is 0 Å². The molecule has 0 aliphatic heterocycles. The van der Waals surface area contributed by atoms with Gasteiger partial charge < -0.3 is 5.73 Å². The van der Waals surface area contributed by atoms with Crippen LogP contribution in [0.25, 0.3) is 6.08 Å². The highest BCUT2D eigenvalue weighted by Gasteiger charge is 2.07. The molecule has 2 rings (SSSR count). The van der Waals surface area contributed by atoms with Crippen LogP contribution in [0.1, 0.15) is 27.8 Å². The van der Waals surface area contributed by atoms with Gasteiger partial charge in [0.25, 0.3) is 0 Å². The topological polar surface area (TPSA) is 43.1 Å². The van der Waals surface area contributed by atoms with Crippen LogP contribution in [0.15, 0.2) is 42.5 Å². The highest BCUT2D eigenvalue weighted by Crippen LogP contribution is 2.17. The summed E-state index contributed by atoms with van der Waals surface area (Å²) in [5.74, 6) is 0.113. The van der Waals surface area contributed by atoms with Gasteiger partial charge in [0.15, 0.2) is 5.78 Å². The van der Waals surface area contributed by atoms with Gasteiger partial charge in [-0.15, -0.1) is 0 Å². The Labute approximate surface area is 126 Å². The summed E-state index contributed by atoms with van der Waals surface area (Å²) in [5.41, 5.74) is 12.1. The summed E-state index contributed by atoms with van der Waals surface area (Å²) in [4.78, 5) is 12.1. The number of hydrogen-bond donors (Lipinski definition) is 1. The number of carbonyl (C=O) groups excluding carboxylic acids is 1. The number of aryl methyl sites for hydroxylation is 3. The van der Waals surface area contributed by atoms with E-state index < -0.39 is 0 Å². The number of nitrogen functional groups attached to an aromatic ring is 1. The first kappa shape index (κ1) is 15.0. The smallest absolute Gasteiger partial charge is 0.160 e. The van der Waals surface area contributed by atoms with Crippen LogP contribution in [0.5, 0.6) is 0 Å². The van der Waals surface area contributed by atoms with E-state index in [0.717, 1.165) is 16.8 Å². The number of benzene rings is 2. The third kappa shape index (κ3) is 4.06. The standard InChI is InChI=1S/C19H21NO/c1-13-10-14(2)19(15(3)11-13)12-18(21)9-6-16-4-7-17(20)8-5-16/h4-11H,12,20H2,1-3H3/b9-6+.